The first kappa shape index (κ1) is 13.4. The van der Waals surface area contributed by atoms with Gasteiger partial charge in [0.15, 0.2) is 0 Å². The summed E-state index contributed by atoms with van der Waals surface area (Å²) < 4.78 is 0. The SMILES string of the molecule is CC(C)(C)N1CC(C(=O)NC2CCCC2)CC1=O. The predicted molar refractivity (Wildman–Crippen MR) is 70.0 cm³/mol. The fraction of sp³-hybridized carbons (Fsp3) is 0.857. The molecule has 4 nitrogen and oxygen atoms in total. The molecule has 1 unspecified atom stereocenters. The van der Waals surface area contributed by atoms with Crippen molar-refractivity contribution in [2.45, 2.75) is 64.5 Å². The second-order valence-electron chi connectivity index (χ2n) is 6.57. The quantitative estimate of drug-likeness (QED) is 0.813. The fourth-order valence-electron chi connectivity index (χ4n) is 2.92. The number of likely N-dealkylation sites (tertiary alicyclic amines) is 1. The van der Waals surface area contributed by atoms with E-state index in [2.05, 4.69) is 5.32 Å². The summed E-state index contributed by atoms with van der Waals surface area (Å²) in [5, 5.41) is 3.10. The van der Waals surface area contributed by atoms with E-state index >= 15 is 0 Å². The Morgan fingerprint density at radius 2 is 1.89 bits per heavy atom. The Balaban J connectivity index is 1.91. The van der Waals surface area contributed by atoms with Gasteiger partial charge in [0.1, 0.15) is 0 Å². The minimum Gasteiger partial charge on any atom is -0.353 e. The van der Waals surface area contributed by atoms with Gasteiger partial charge in [-0.15, -0.1) is 0 Å². The van der Waals surface area contributed by atoms with Crippen LogP contribution in [0, 0.1) is 5.92 Å². The molecule has 0 spiro atoms. The second kappa shape index (κ2) is 4.90. The van der Waals surface area contributed by atoms with E-state index in [0.717, 1.165) is 12.8 Å². The first-order valence-electron chi connectivity index (χ1n) is 6.99. The van der Waals surface area contributed by atoms with Gasteiger partial charge in [-0.2, -0.15) is 0 Å². The minimum atomic E-state index is -0.181. The Morgan fingerprint density at radius 3 is 2.39 bits per heavy atom. The lowest BCUT2D eigenvalue weighted by Gasteiger charge is -2.32. The Labute approximate surface area is 109 Å². The maximum atomic E-state index is 12.1. The average molecular weight is 252 g/mol. The lowest BCUT2D eigenvalue weighted by atomic mass is 10.1. The molecule has 18 heavy (non-hydrogen) atoms. The Hall–Kier alpha value is -1.06. The first-order chi connectivity index (χ1) is 8.38. The molecular weight excluding hydrogens is 228 g/mol. The highest BCUT2D eigenvalue weighted by molar-refractivity contribution is 5.89. The molecule has 0 aromatic rings. The van der Waals surface area contributed by atoms with Crippen molar-refractivity contribution < 1.29 is 9.59 Å². The smallest absolute Gasteiger partial charge is 0.225 e. The molecule has 0 aromatic heterocycles. The third-order valence-corrected chi connectivity index (χ3v) is 4.01. The van der Waals surface area contributed by atoms with Gasteiger partial charge in [-0.1, -0.05) is 12.8 Å². The lowest BCUT2D eigenvalue weighted by Crippen LogP contribution is -2.44. The van der Waals surface area contributed by atoms with Crippen LogP contribution in [0.25, 0.3) is 0 Å². The maximum Gasteiger partial charge on any atom is 0.225 e. The number of amides is 2. The third kappa shape index (κ3) is 2.85. The van der Waals surface area contributed by atoms with Crippen molar-refractivity contribution in [1.29, 1.82) is 0 Å². The average Bonchev–Trinajstić information content (AvgIpc) is 2.85. The summed E-state index contributed by atoms with van der Waals surface area (Å²) in [6.45, 7) is 6.62. The van der Waals surface area contributed by atoms with Gasteiger partial charge in [0, 0.05) is 24.5 Å². The molecule has 1 aliphatic carbocycles. The summed E-state index contributed by atoms with van der Waals surface area (Å²) in [6.07, 6.45) is 4.98. The van der Waals surface area contributed by atoms with Crippen LogP contribution in [-0.4, -0.2) is 34.8 Å². The number of carbonyl (C=O) groups excluding carboxylic acids is 2. The Kier molecular flexibility index (Phi) is 3.64. The van der Waals surface area contributed by atoms with E-state index in [1.807, 2.05) is 25.7 Å². The summed E-state index contributed by atoms with van der Waals surface area (Å²) in [7, 11) is 0. The number of nitrogens with one attached hydrogen (secondary N) is 1. The normalized spacial score (nSPS) is 25.8. The van der Waals surface area contributed by atoms with Crippen LogP contribution in [0.1, 0.15) is 52.9 Å². The van der Waals surface area contributed by atoms with Gasteiger partial charge in [0.2, 0.25) is 11.8 Å². The van der Waals surface area contributed by atoms with Crippen molar-refractivity contribution >= 4 is 11.8 Å². The number of rotatable bonds is 2. The molecule has 2 aliphatic rings. The second-order valence-corrected chi connectivity index (χ2v) is 6.57. The molecule has 4 heteroatoms. The van der Waals surface area contributed by atoms with Crippen LogP contribution in [0.4, 0.5) is 0 Å². The van der Waals surface area contributed by atoms with Gasteiger partial charge in [0.25, 0.3) is 0 Å². The van der Waals surface area contributed by atoms with Gasteiger partial charge in [-0.25, -0.2) is 0 Å². The van der Waals surface area contributed by atoms with Crippen LogP contribution < -0.4 is 5.32 Å². The molecule has 1 heterocycles. The molecule has 2 amide bonds. The van der Waals surface area contributed by atoms with Gasteiger partial charge in [-0.05, 0) is 33.6 Å². The van der Waals surface area contributed by atoms with Crippen molar-refractivity contribution in [2.75, 3.05) is 6.54 Å². The van der Waals surface area contributed by atoms with Crippen molar-refractivity contribution in [3.63, 3.8) is 0 Å². The van der Waals surface area contributed by atoms with E-state index in [1.165, 1.54) is 12.8 Å². The highest BCUT2D eigenvalue weighted by Crippen LogP contribution is 2.26. The number of hydrogen-bond donors (Lipinski definition) is 1. The van der Waals surface area contributed by atoms with Gasteiger partial charge in [0.05, 0.1) is 5.92 Å². The van der Waals surface area contributed by atoms with Crippen LogP contribution in [0.3, 0.4) is 0 Å². The Morgan fingerprint density at radius 1 is 1.28 bits per heavy atom. The van der Waals surface area contributed by atoms with Crippen molar-refractivity contribution in [1.82, 2.24) is 10.2 Å². The molecule has 2 fully saturated rings. The van der Waals surface area contributed by atoms with E-state index in [1.54, 1.807) is 0 Å². The molecule has 1 saturated heterocycles. The van der Waals surface area contributed by atoms with Gasteiger partial charge in [-0.3, -0.25) is 9.59 Å². The molecule has 2 rings (SSSR count). The lowest BCUT2D eigenvalue weighted by molar-refractivity contribution is -0.132. The Bertz CT molecular complexity index is 340. The highest BCUT2D eigenvalue weighted by Gasteiger charge is 2.39. The molecule has 0 aromatic carbocycles. The first-order valence-corrected chi connectivity index (χ1v) is 6.99. The van der Waals surface area contributed by atoms with Crippen molar-refractivity contribution in [3.8, 4) is 0 Å². The fourth-order valence-corrected chi connectivity index (χ4v) is 2.92. The molecule has 102 valence electrons. The summed E-state index contributed by atoms with van der Waals surface area (Å²) in [5.74, 6) is 0.0217. The third-order valence-electron chi connectivity index (χ3n) is 4.01. The van der Waals surface area contributed by atoms with E-state index in [-0.39, 0.29) is 23.3 Å². The number of carbonyl (C=O) groups is 2. The summed E-state index contributed by atoms with van der Waals surface area (Å²) >= 11 is 0. The van der Waals surface area contributed by atoms with E-state index in [9.17, 15) is 9.59 Å². The minimum absolute atomic E-state index is 0.0713. The zero-order chi connectivity index (χ0) is 13.3. The van der Waals surface area contributed by atoms with Gasteiger partial charge < -0.3 is 10.2 Å². The largest absolute Gasteiger partial charge is 0.353 e. The van der Waals surface area contributed by atoms with Crippen LogP contribution >= 0.6 is 0 Å². The standard InChI is InChI=1S/C14H24N2O2/c1-14(2,3)16-9-10(8-12(16)17)13(18)15-11-6-4-5-7-11/h10-11H,4-9H2,1-3H3,(H,15,18). The summed E-state index contributed by atoms with van der Waals surface area (Å²) in [4.78, 5) is 25.9. The maximum absolute atomic E-state index is 12.1. The molecular formula is C14H24N2O2. The summed E-state index contributed by atoms with van der Waals surface area (Å²) in [5.41, 5.74) is -0.181. The monoisotopic (exact) mass is 252 g/mol. The number of nitrogens with zero attached hydrogens (tertiary/aromatic N) is 1. The topological polar surface area (TPSA) is 49.4 Å². The van der Waals surface area contributed by atoms with Crippen LogP contribution in [0.15, 0.2) is 0 Å². The van der Waals surface area contributed by atoms with Crippen molar-refractivity contribution in [2.24, 2.45) is 5.92 Å². The molecule has 1 aliphatic heterocycles. The zero-order valence-corrected chi connectivity index (χ0v) is 11.7. The van der Waals surface area contributed by atoms with Crippen LogP contribution in [0.5, 0.6) is 0 Å². The summed E-state index contributed by atoms with van der Waals surface area (Å²) in [6, 6.07) is 0.344. The van der Waals surface area contributed by atoms with E-state index in [0.29, 0.717) is 19.0 Å². The van der Waals surface area contributed by atoms with Crippen molar-refractivity contribution in [3.05, 3.63) is 0 Å². The molecule has 0 radical (unpaired) electrons. The molecule has 1 N–H and O–H groups in total. The molecule has 1 atom stereocenters. The van der Waals surface area contributed by atoms with Gasteiger partial charge >= 0.3 is 0 Å². The van der Waals surface area contributed by atoms with Crippen LogP contribution in [-0.2, 0) is 9.59 Å². The predicted octanol–water partition coefficient (Wildman–Crippen LogP) is 1.69. The van der Waals surface area contributed by atoms with Crippen LogP contribution in [0.2, 0.25) is 0 Å². The number of hydrogen-bond acceptors (Lipinski definition) is 2. The molecule has 0 bridgehead atoms. The molecule has 1 saturated carbocycles. The highest BCUT2D eigenvalue weighted by atomic mass is 16.2. The van der Waals surface area contributed by atoms with E-state index in [4.69, 9.17) is 0 Å². The van der Waals surface area contributed by atoms with E-state index < -0.39 is 0 Å². The zero-order valence-electron chi connectivity index (χ0n) is 11.7.